The summed E-state index contributed by atoms with van der Waals surface area (Å²) in [6.45, 7) is 1.11. The van der Waals surface area contributed by atoms with E-state index in [1.54, 1.807) is 23.9 Å². The fourth-order valence-electron chi connectivity index (χ4n) is 3.42. The molecule has 0 aliphatic carbocycles. The molecule has 0 unspecified atom stereocenters. The highest BCUT2D eigenvalue weighted by Crippen LogP contribution is 2.37. The summed E-state index contributed by atoms with van der Waals surface area (Å²) in [7, 11) is 3.42. The van der Waals surface area contributed by atoms with Gasteiger partial charge in [0.1, 0.15) is 0 Å². The molecule has 0 amide bonds. The molecule has 2 fully saturated rings. The van der Waals surface area contributed by atoms with Gasteiger partial charge in [0.2, 0.25) is 0 Å². The van der Waals surface area contributed by atoms with Crippen LogP contribution < -0.4 is 0 Å². The number of piperidine rings is 2. The number of hydrogen-bond donors (Lipinski definition) is 0. The second-order valence-electron chi connectivity index (χ2n) is 5.48. The van der Waals surface area contributed by atoms with E-state index in [1.807, 2.05) is 0 Å². The average molecular weight is 244 g/mol. The summed E-state index contributed by atoms with van der Waals surface area (Å²) in [4.78, 5) is 25.3. The van der Waals surface area contributed by atoms with Gasteiger partial charge in [0.05, 0.1) is 32.6 Å². The zero-order valence-electron chi connectivity index (χ0n) is 9.96. The van der Waals surface area contributed by atoms with Gasteiger partial charge in [-0.25, -0.2) is 0 Å². The number of nitrogens with zero attached hydrogens (tertiary/aromatic N) is 4. The number of nitro groups is 2. The molecule has 0 aromatic heterocycles. The van der Waals surface area contributed by atoms with Crippen LogP contribution in [0.25, 0.3) is 0 Å². The molecule has 17 heavy (non-hydrogen) atoms. The van der Waals surface area contributed by atoms with Crippen LogP contribution >= 0.6 is 0 Å². The van der Waals surface area contributed by atoms with Crippen LogP contribution in [0.1, 0.15) is 6.42 Å². The molecule has 0 N–H and O–H groups in total. The maximum absolute atomic E-state index is 11.3. The van der Waals surface area contributed by atoms with Crippen molar-refractivity contribution in [1.82, 2.24) is 9.80 Å². The third kappa shape index (κ3) is 1.77. The summed E-state index contributed by atoms with van der Waals surface area (Å²) in [6, 6.07) is 0. The average Bonchev–Trinajstić information content (AvgIpc) is 2.14. The van der Waals surface area contributed by atoms with Crippen molar-refractivity contribution in [3.63, 3.8) is 0 Å². The van der Waals surface area contributed by atoms with Gasteiger partial charge >= 0.3 is 0 Å². The molecule has 0 radical (unpaired) electrons. The molecule has 2 aliphatic heterocycles. The first-order valence-corrected chi connectivity index (χ1v) is 5.46. The quantitative estimate of drug-likeness (QED) is 0.471. The highest BCUT2D eigenvalue weighted by molar-refractivity contribution is 5.06. The molecule has 2 saturated heterocycles. The topological polar surface area (TPSA) is 92.8 Å². The van der Waals surface area contributed by atoms with Gasteiger partial charge in [-0.3, -0.25) is 30.0 Å². The van der Waals surface area contributed by atoms with Crippen molar-refractivity contribution in [3.8, 4) is 0 Å². The predicted octanol–water partition coefficient (Wildman–Crippen LogP) is -0.702. The first-order valence-electron chi connectivity index (χ1n) is 5.46. The molecule has 0 saturated carbocycles. The molecular formula is C9H16N4O4. The Morgan fingerprint density at radius 2 is 1.18 bits per heavy atom. The van der Waals surface area contributed by atoms with Crippen LogP contribution in [0, 0.1) is 20.2 Å². The van der Waals surface area contributed by atoms with Crippen molar-refractivity contribution in [2.24, 2.45) is 0 Å². The minimum atomic E-state index is -1.20. The third-order valence-corrected chi connectivity index (χ3v) is 3.69. The minimum absolute atomic E-state index is 0.0364. The zero-order valence-corrected chi connectivity index (χ0v) is 9.96. The van der Waals surface area contributed by atoms with Gasteiger partial charge in [-0.2, -0.15) is 0 Å². The molecule has 2 heterocycles. The van der Waals surface area contributed by atoms with Gasteiger partial charge in [0.25, 0.3) is 11.1 Å². The highest BCUT2D eigenvalue weighted by atomic mass is 16.6. The lowest BCUT2D eigenvalue weighted by Crippen LogP contribution is -2.73. The molecule has 2 bridgehead atoms. The summed E-state index contributed by atoms with van der Waals surface area (Å²) in [5.74, 6) is 0. The van der Waals surface area contributed by atoms with E-state index < -0.39 is 11.1 Å². The minimum Gasteiger partial charge on any atom is -0.293 e. The van der Waals surface area contributed by atoms with Crippen molar-refractivity contribution in [2.75, 3.05) is 40.3 Å². The summed E-state index contributed by atoms with van der Waals surface area (Å²) < 4.78 is 0. The van der Waals surface area contributed by atoms with E-state index in [2.05, 4.69) is 0 Å². The molecule has 0 aromatic carbocycles. The van der Waals surface area contributed by atoms with Crippen molar-refractivity contribution in [3.05, 3.63) is 20.2 Å². The summed E-state index contributed by atoms with van der Waals surface area (Å²) in [6.07, 6.45) is 0.0364. The number of likely N-dealkylation sites (tertiary alicyclic amines) is 2. The lowest BCUT2D eigenvalue weighted by molar-refractivity contribution is -0.634. The van der Waals surface area contributed by atoms with Gasteiger partial charge in [0.15, 0.2) is 0 Å². The number of hydrogen-bond acceptors (Lipinski definition) is 6. The lowest BCUT2D eigenvalue weighted by Gasteiger charge is -2.48. The Morgan fingerprint density at radius 1 is 0.882 bits per heavy atom. The Morgan fingerprint density at radius 3 is 1.41 bits per heavy atom. The Bertz CT molecular complexity index is 326. The molecule has 0 atom stereocenters. The molecule has 0 aromatic rings. The van der Waals surface area contributed by atoms with E-state index in [1.165, 1.54) is 0 Å². The van der Waals surface area contributed by atoms with Crippen molar-refractivity contribution >= 4 is 0 Å². The lowest BCUT2D eigenvalue weighted by atomic mass is 9.74. The second-order valence-corrected chi connectivity index (χ2v) is 5.48. The van der Waals surface area contributed by atoms with Gasteiger partial charge in [0, 0.05) is 9.85 Å². The van der Waals surface area contributed by atoms with E-state index in [-0.39, 0.29) is 42.4 Å². The van der Waals surface area contributed by atoms with E-state index in [0.29, 0.717) is 0 Å². The van der Waals surface area contributed by atoms with Crippen LogP contribution in [0.2, 0.25) is 0 Å². The Kier molecular flexibility index (Phi) is 2.58. The second kappa shape index (κ2) is 3.61. The fourth-order valence-corrected chi connectivity index (χ4v) is 3.42. The van der Waals surface area contributed by atoms with E-state index in [4.69, 9.17) is 0 Å². The van der Waals surface area contributed by atoms with E-state index in [9.17, 15) is 20.2 Å². The van der Waals surface area contributed by atoms with Crippen LogP contribution in [-0.4, -0.2) is 71.0 Å². The first kappa shape index (κ1) is 12.2. The van der Waals surface area contributed by atoms with Gasteiger partial charge in [-0.15, -0.1) is 0 Å². The first-order chi connectivity index (χ1) is 7.80. The number of fused-ring (bicyclic) bond motifs is 2. The molecule has 2 aliphatic rings. The molecule has 2 rings (SSSR count). The van der Waals surface area contributed by atoms with Crippen molar-refractivity contribution < 1.29 is 9.85 Å². The fraction of sp³-hybridized carbons (Fsp3) is 1.00. The van der Waals surface area contributed by atoms with Gasteiger partial charge in [-0.1, -0.05) is 0 Å². The Hall–Kier alpha value is -1.28. The van der Waals surface area contributed by atoms with E-state index >= 15 is 0 Å². The molecule has 0 spiro atoms. The van der Waals surface area contributed by atoms with Crippen LogP contribution in [0.5, 0.6) is 0 Å². The molecule has 96 valence electrons. The largest absolute Gasteiger partial charge is 0.293 e. The third-order valence-electron chi connectivity index (χ3n) is 3.69. The summed E-state index contributed by atoms with van der Waals surface area (Å²) in [5.41, 5.74) is -2.40. The normalized spacial score (nSPS) is 38.9. The predicted molar refractivity (Wildman–Crippen MR) is 59.1 cm³/mol. The zero-order chi connectivity index (χ0) is 12.8. The smallest absolute Gasteiger partial charge is 0.254 e. The van der Waals surface area contributed by atoms with Crippen LogP contribution in [0.4, 0.5) is 0 Å². The van der Waals surface area contributed by atoms with Gasteiger partial charge < -0.3 is 0 Å². The SMILES string of the molecule is CN1CC2([N+](=O)[O-])CN(C)CC([N+](=O)[O-])(C1)C2. The summed E-state index contributed by atoms with van der Waals surface area (Å²) >= 11 is 0. The Balaban J connectivity index is 2.42. The Labute approximate surface area is 98.5 Å². The number of rotatable bonds is 2. The van der Waals surface area contributed by atoms with Gasteiger partial charge in [-0.05, 0) is 14.1 Å². The maximum atomic E-state index is 11.3. The highest BCUT2D eigenvalue weighted by Gasteiger charge is 2.65. The van der Waals surface area contributed by atoms with Crippen LogP contribution in [-0.2, 0) is 0 Å². The number of likely N-dealkylation sites (N-methyl/N-ethyl adjacent to an activating group) is 2. The monoisotopic (exact) mass is 244 g/mol. The molecular weight excluding hydrogens is 228 g/mol. The van der Waals surface area contributed by atoms with Crippen LogP contribution in [0.15, 0.2) is 0 Å². The van der Waals surface area contributed by atoms with Crippen molar-refractivity contribution in [2.45, 2.75) is 17.5 Å². The summed E-state index contributed by atoms with van der Waals surface area (Å²) in [5, 5.41) is 22.5. The van der Waals surface area contributed by atoms with Crippen LogP contribution in [0.3, 0.4) is 0 Å². The van der Waals surface area contributed by atoms with Crippen molar-refractivity contribution in [1.29, 1.82) is 0 Å². The molecule has 8 nitrogen and oxygen atoms in total. The maximum Gasteiger partial charge on any atom is 0.254 e. The van der Waals surface area contributed by atoms with E-state index in [0.717, 1.165) is 0 Å². The standard InChI is InChI=1S/C9H16N4O4/c1-10-4-8(12(14)15)3-9(5-10,13(16)17)7-11(2)6-8/h3-7H2,1-2H3. The molecule has 8 heteroatoms.